The highest BCUT2D eigenvalue weighted by molar-refractivity contribution is 5.95. The quantitative estimate of drug-likeness (QED) is 0.504. The van der Waals surface area contributed by atoms with Crippen LogP contribution in [0.5, 0.6) is 11.5 Å². The average molecular weight is 563 g/mol. The minimum absolute atomic E-state index is 0.0591. The predicted octanol–water partition coefficient (Wildman–Crippen LogP) is 2.71. The normalized spacial score (nSPS) is 19.2. The van der Waals surface area contributed by atoms with Crippen LogP contribution in [0.3, 0.4) is 0 Å². The second-order valence-corrected chi connectivity index (χ2v) is 9.85. The third-order valence-electron chi connectivity index (χ3n) is 6.89. The van der Waals surface area contributed by atoms with Crippen molar-refractivity contribution in [1.82, 2.24) is 20.5 Å². The molecular formula is C30H31FN4O6. The summed E-state index contributed by atoms with van der Waals surface area (Å²) in [5, 5.41) is 5.74. The van der Waals surface area contributed by atoms with Crippen molar-refractivity contribution in [3.8, 4) is 22.6 Å². The van der Waals surface area contributed by atoms with Gasteiger partial charge in [0.2, 0.25) is 5.91 Å². The molecule has 41 heavy (non-hydrogen) atoms. The van der Waals surface area contributed by atoms with Crippen molar-refractivity contribution < 1.29 is 33.0 Å². The fourth-order valence-corrected chi connectivity index (χ4v) is 4.82. The van der Waals surface area contributed by atoms with Crippen LogP contribution in [-0.2, 0) is 20.9 Å². The van der Waals surface area contributed by atoms with Crippen LogP contribution in [0.1, 0.15) is 29.3 Å². The van der Waals surface area contributed by atoms with Crippen LogP contribution in [0.2, 0.25) is 0 Å². The van der Waals surface area contributed by atoms with Gasteiger partial charge in [0.1, 0.15) is 30.0 Å². The van der Waals surface area contributed by atoms with Crippen molar-refractivity contribution in [2.24, 2.45) is 0 Å². The van der Waals surface area contributed by atoms with Crippen molar-refractivity contribution in [2.45, 2.75) is 32.0 Å². The number of hydrogen-bond donors (Lipinski definition) is 2. The first-order valence-electron chi connectivity index (χ1n) is 13.5. The number of halogens is 1. The third kappa shape index (κ3) is 7.17. The van der Waals surface area contributed by atoms with E-state index in [1.165, 1.54) is 18.3 Å². The number of pyridine rings is 1. The van der Waals surface area contributed by atoms with E-state index in [1.807, 2.05) is 13.0 Å². The van der Waals surface area contributed by atoms with Crippen molar-refractivity contribution in [3.05, 3.63) is 77.9 Å². The van der Waals surface area contributed by atoms with Crippen LogP contribution < -0.4 is 20.1 Å². The van der Waals surface area contributed by atoms with Gasteiger partial charge in [0, 0.05) is 56.7 Å². The van der Waals surface area contributed by atoms with Crippen LogP contribution >= 0.6 is 0 Å². The van der Waals surface area contributed by atoms with E-state index in [0.717, 1.165) is 5.56 Å². The van der Waals surface area contributed by atoms with Gasteiger partial charge in [-0.25, -0.2) is 4.39 Å². The number of nitrogens with one attached hydrogen (secondary N) is 2. The molecule has 3 amide bonds. The maximum atomic E-state index is 14.5. The summed E-state index contributed by atoms with van der Waals surface area (Å²) >= 11 is 0. The van der Waals surface area contributed by atoms with E-state index >= 15 is 0 Å². The summed E-state index contributed by atoms with van der Waals surface area (Å²) in [6.07, 6.45) is 2.94. The molecule has 2 N–H and O–H groups in total. The molecule has 1 aromatic heterocycles. The molecule has 5 rings (SSSR count). The molecule has 2 aliphatic heterocycles. The van der Waals surface area contributed by atoms with Gasteiger partial charge in [-0.3, -0.25) is 19.4 Å². The first-order chi connectivity index (χ1) is 19.9. The van der Waals surface area contributed by atoms with Crippen molar-refractivity contribution >= 4 is 17.7 Å². The molecule has 6 bridgehead atoms. The summed E-state index contributed by atoms with van der Waals surface area (Å²) in [6.45, 7) is 2.57. The SMILES string of the molecule is CCOCC(=O)N1CC[C@@H]2Oc3cc(F)cc(c3)CNC(=O)COc3cccc(c3)-c3cncc(c3)C(=O)N[C@@H]2C1. The first kappa shape index (κ1) is 28.0. The van der Waals surface area contributed by atoms with Crippen molar-refractivity contribution in [3.63, 3.8) is 0 Å². The highest BCUT2D eigenvalue weighted by Crippen LogP contribution is 2.26. The molecule has 2 atom stereocenters. The van der Waals surface area contributed by atoms with Gasteiger partial charge in [0.25, 0.3) is 11.8 Å². The molecule has 2 aliphatic rings. The maximum Gasteiger partial charge on any atom is 0.258 e. The molecule has 3 aromatic rings. The summed E-state index contributed by atoms with van der Waals surface area (Å²) in [5.41, 5.74) is 2.25. The van der Waals surface area contributed by atoms with Crippen LogP contribution in [0.25, 0.3) is 11.1 Å². The molecule has 0 saturated carbocycles. The van der Waals surface area contributed by atoms with E-state index in [9.17, 15) is 18.8 Å². The Labute approximate surface area is 236 Å². The second-order valence-electron chi connectivity index (χ2n) is 9.85. The highest BCUT2D eigenvalue weighted by atomic mass is 19.1. The summed E-state index contributed by atoms with van der Waals surface area (Å²) in [6, 6.07) is 12.4. The number of carbonyl (C=O) groups excluding carboxylic acids is 3. The number of piperidine rings is 1. The van der Waals surface area contributed by atoms with E-state index in [4.69, 9.17) is 14.2 Å². The van der Waals surface area contributed by atoms with E-state index in [1.54, 1.807) is 41.4 Å². The fraction of sp³-hybridized carbons (Fsp3) is 0.333. The molecule has 214 valence electrons. The second kappa shape index (κ2) is 12.8. The summed E-state index contributed by atoms with van der Waals surface area (Å²) in [5.74, 6) is -0.766. The van der Waals surface area contributed by atoms with Gasteiger partial charge in [-0.15, -0.1) is 0 Å². The van der Waals surface area contributed by atoms with E-state index in [2.05, 4.69) is 15.6 Å². The Morgan fingerprint density at radius 1 is 1.10 bits per heavy atom. The Kier molecular flexibility index (Phi) is 8.73. The van der Waals surface area contributed by atoms with Gasteiger partial charge in [-0.05, 0) is 48.4 Å². The lowest BCUT2D eigenvalue weighted by molar-refractivity contribution is -0.138. The maximum absolute atomic E-state index is 14.5. The zero-order valence-corrected chi connectivity index (χ0v) is 22.6. The molecule has 2 aromatic carbocycles. The van der Waals surface area contributed by atoms with Gasteiger partial charge in [0.05, 0.1) is 11.6 Å². The highest BCUT2D eigenvalue weighted by Gasteiger charge is 2.34. The number of likely N-dealkylation sites (tertiary alicyclic amines) is 1. The molecule has 3 heterocycles. The van der Waals surface area contributed by atoms with Crippen molar-refractivity contribution in [2.75, 3.05) is 32.9 Å². The summed E-state index contributed by atoms with van der Waals surface area (Å²) in [7, 11) is 0. The lowest BCUT2D eigenvalue weighted by atomic mass is 10.0. The number of benzene rings is 2. The molecule has 11 heteroatoms. The molecule has 0 spiro atoms. The van der Waals surface area contributed by atoms with Gasteiger partial charge >= 0.3 is 0 Å². The van der Waals surface area contributed by atoms with Crippen LogP contribution in [0.15, 0.2) is 60.9 Å². The Bertz CT molecular complexity index is 1430. The van der Waals surface area contributed by atoms with Crippen LogP contribution in [0.4, 0.5) is 4.39 Å². The van der Waals surface area contributed by atoms with Crippen LogP contribution in [0, 0.1) is 5.82 Å². The molecule has 1 fully saturated rings. The summed E-state index contributed by atoms with van der Waals surface area (Å²) < 4.78 is 31.7. The minimum Gasteiger partial charge on any atom is -0.488 e. The number of hydrogen-bond acceptors (Lipinski definition) is 7. The Hall–Kier alpha value is -4.51. The zero-order valence-electron chi connectivity index (χ0n) is 22.6. The van der Waals surface area contributed by atoms with Gasteiger partial charge in [-0.1, -0.05) is 12.1 Å². The number of carbonyl (C=O) groups is 3. The van der Waals surface area contributed by atoms with Crippen molar-refractivity contribution in [1.29, 1.82) is 0 Å². The monoisotopic (exact) mass is 562 g/mol. The Balaban J connectivity index is 1.48. The number of fused-ring (bicyclic) bond motifs is 8. The molecule has 10 nitrogen and oxygen atoms in total. The lowest BCUT2D eigenvalue weighted by Crippen LogP contribution is -2.58. The standard InChI is InChI=1S/C30H31FN4O6/c1-2-39-18-29(37)35-7-6-27-26(16-35)34-30(38)22-10-21(14-32-15-22)20-4-3-5-24(11-20)40-17-28(36)33-13-19-8-23(31)12-25(9-19)41-27/h3-5,8-12,14-15,26-27H,2,6-7,13,16-18H2,1H3,(H,33,36)(H,34,38)/t26-,27+/m1/s1. The number of nitrogens with zero attached hydrogens (tertiary/aromatic N) is 2. The largest absolute Gasteiger partial charge is 0.488 e. The molecule has 0 aliphatic carbocycles. The number of aromatic nitrogens is 1. The molecule has 0 unspecified atom stereocenters. The Morgan fingerprint density at radius 3 is 2.80 bits per heavy atom. The molecule has 0 radical (unpaired) electrons. The lowest BCUT2D eigenvalue weighted by Gasteiger charge is -2.38. The van der Waals surface area contributed by atoms with E-state index in [-0.39, 0.29) is 43.9 Å². The smallest absolute Gasteiger partial charge is 0.258 e. The third-order valence-corrected chi connectivity index (χ3v) is 6.89. The van der Waals surface area contributed by atoms with E-state index in [0.29, 0.717) is 42.0 Å². The van der Waals surface area contributed by atoms with Gasteiger partial charge in [-0.2, -0.15) is 0 Å². The average Bonchev–Trinajstić information content (AvgIpc) is 2.98. The predicted molar refractivity (Wildman–Crippen MR) is 147 cm³/mol. The minimum atomic E-state index is -0.601. The number of ether oxygens (including phenoxy) is 3. The first-order valence-corrected chi connectivity index (χ1v) is 13.5. The Morgan fingerprint density at radius 2 is 1.95 bits per heavy atom. The fourth-order valence-electron chi connectivity index (χ4n) is 4.82. The summed E-state index contributed by atoms with van der Waals surface area (Å²) in [4.78, 5) is 44.5. The van der Waals surface area contributed by atoms with E-state index < -0.39 is 23.9 Å². The van der Waals surface area contributed by atoms with Gasteiger partial charge < -0.3 is 29.7 Å². The molecular weight excluding hydrogens is 531 g/mol. The topological polar surface area (TPSA) is 119 Å². The zero-order chi connectivity index (χ0) is 28.8. The number of amides is 3. The number of rotatable bonds is 3. The molecule has 1 saturated heterocycles. The van der Waals surface area contributed by atoms with Gasteiger partial charge in [0.15, 0.2) is 6.61 Å². The van der Waals surface area contributed by atoms with Crippen LogP contribution in [-0.4, -0.2) is 72.7 Å².